The maximum Gasteiger partial charge on any atom is 0.338 e. The first-order valence-electron chi connectivity index (χ1n) is 9.10. The molecule has 1 N–H and O–H groups in total. The van der Waals surface area contributed by atoms with Crippen molar-refractivity contribution in [2.24, 2.45) is 0 Å². The lowest BCUT2D eigenvalue weighted by molar-refractivity contribution is 0.0688. The Morgan fingerprint density at radius 1 is 1.21 bits per heavy atom. The summed E-state index contributed by atoms with van der Waals surface area (Å²) in [4.78, 5) is 30.3. The molecule has 0 saturated carbocycles. The van der Waals surface area contributed by atoms with E-state index in [2.05, 4.69) is 10.1 Å². The van der Waals surface area contributed by atoms with Gasteiger partial charge in [-0.15, -0.1) is 11.3 Å². The Labute approximate surface area is 166 Å². The molecule has 28 heavy (non-hydrogen) atoms. The van der Waals surface area contributed by atoms with Crippen LogP contribution in [0.1, 0.15) is 44.6 Å². The molecular weight excluding hydrogens is 376 g/mol. The van der Waals surface area contributed by atoms with E-state index in [1.807, 2.05) is 41.5 Å². The Morgan fingerprint density at radius 2 is 2.00 bits per heavy atom. The van der Waals surface area contributed by atoms with Crippen LogP contribution in [0.3, 0.4) is 0 Å². The SMILES string of the molecule is Cc1nc(-c2cccc(C(=O)N3CCC(n4cc(C(=O)O)cn4)CC3)c2)cs1. The number of hydrogen-bond donors (Lipinski definition) is 1. The van der Waals surface area contributed by atoms with Crippen LogP contribution >= 0.6 is 11.3 Å². The van der Waals surface area contributed by atoms with Gasteiger partial charge < -0.3 is 10.0 Å². The highest BCUT2D eigenvalue weighted by Crippen LogP contribution is 2.26. The normalized spacial score (nSPS) is 15.0. The molecule has 8 heteroatoms. The first-order valence-corrected chi connectivity index (χ1v) is 9.98. The molecule has 1 fully saturated rings. The largest absolute Gasteiger partial charge is 0.478 e. The summed E-state index contributed by atoms with van der Waals surface area (Å²) in [5, 5.41) is 16.2. The number of rotatable bonds is 4. The molecule has 1 aromatic carbocycles. The Bertz CT molecular complexity index is 1020. The van der Waals surface area contributed by atoms with E-state index >= 15 is 0 Å². The minimum absolute atomic E-state index is 0.0129. The summed E-state index contributed by atoms with van der Waals surface area (Å²) in [6.45, 7) is 3.20. The average Bonchev–Trinajstić information content (AvgIpc) is 3.37. The number of aromatic carboxylic acids is 1. The third-order valence-electron chi connectivity index (χ3n) is 5.00. The van der Waals surface area contributed by atoms with Crippen molar-refractivity contribution < 1.29 is 14.7 Å². The number of nitrogens with zero attached hydrogens (tertiary/aromatic N) is 4. The fourth-order valence-electron chi connectivity index (χ4n) is 3.47. The number of likely N-dealkylation sites (tertiary alicyclic amines) is 1. The van der Waals surface area contributed by atoms with Gasteiger partial charge in [0, 0.05) is 35.8 Å². The fraction of sp³-hybridized carbons (Fsp3) is 0.300. The van der Waals surface area contributed by atoms with Crippen LogP contribution < -0.4 is 0 Å². The summed E-state index contributed by atoms with van der Waals surface area (Å²) >= 11 is 1.59. The number of aryl methyl sites for hydroxylation is 1. The second kappa shape index (κ2) is 7.55. The van der Waals surface area contributed by atoms with Gasteiger partial charge in [-0.25, -0.2) is 9.78 Å². The van der Waals surface area contributed by atoms with Crippen LogP contribution in [0.15, 0.2) is 42.0 Å². The quantitative estimate of drug-likeness (QED) is 0.729. The molecule has 0 bridgehead atoms. The van der Waals surface area contributed by atoms with Crippen LogP contribution in [-0.4, -0.2) is 49.7 Å². The van der Waals surface area contributed by atoms with Crippen molar-refractivity contribution in [2.45, 2.75) is 25.8 Å². The molecule has 1 aliphatic rings. The van der Waals surface area contributed by atoms with E-state index in [0.717, 1.165) is 29.1 Å². The highest BCUT2D eigenvalue weighted by Gasteiger charge is 2.25. The van der Waals surface area contributed by atoms with E-state index in [4.69, 9.17) is 5.11 Å². The van der Waals surface area contributed by atoms with Crippen molar-refractivity contribution in [2.75, 3.05) is 13.1 Å². The third-order valence-corrected chi connectivity index (χ3v) is 5.77. The Morgan fingerprint density at radius 3 is 2.64 bits per heavy atom. The summed E-state index contributed by atoms with van der Waals surface area (Å²) in [5.41, 5.74) is 2.69. The van der Waals surface area contributed by atoms with Crippen molar-refractivity contribution in [3.05, 3.63) is 58.2 Å². The van der Waals surface area contributed by atoms with Crippen molar-refractivity contribution >= 4 is 23.2 Å². The van der Waals surface area contributed by atoms with Crippen molar-refractivity contribution in [3.63, 3.8) is 0 Å². The maximum absolute atomic E-state index is 12.9. The molecule has 1 saturated heterocycles. The zero-order valence-electron chi connectivity index (χ0n) is 15.4. The van der Waals surface area contributed by atoms with E-state index in [0.29, 0.717) is 18.7 Å². The zero-order valence-corrected chi connectivity index (χ0v) is 16.2. The standard InChI is InChI=1S/C20H20N4O3S/c1-13-22-18(12-28-13)14-3-2-4-15(9-14)19(25)23-7-5-17(6-8-23)24-11-16(10-21-24)20(26)27/h2-4,9-12,17H,5-8H2,1H3,(H,26,27). The molecular formula is C20H20N4O3S. The van der Waals surface area contributed by atoms with Gasteiger partial charge in [-0.05, 0) is 31.9 Å². The number of piperidine rings is 1. The number of thiazole rings is 1. The third kappa shape index (κ3) is 3.68. The smallest absolute Gasteiger partial charge is 0.338 e. The predicted octanol–water partition coefficient (Wildman–Crippen LogP) is 3.49. The fourth-order valence-corrected chi connectivity index (χ4v) is 4.09. The van der Waals surface area contributed by atoms with Crippen molar-refractivity contribution in [1.82, 2.24) is 19.7 Å². The first-order chi connectivity index (χ1) is 13.5. The topological polar surface area (TPSA) is 88.3 Å². The highest BCUT2D eigenvalue weighted by molar-refractivity contribution is 7.09. The number of carboxylic acid groups (broad SMARTS) is 1. The lowest BCUT2D eigenvalue weighted by Gasteiger charge is -2.32. The van der Waals surface area contributed by atoms with Gasteiger partial charge in [0.1, 0.15) is 0 Å². The molecule has 0 unspecified atom stereocenters. The Kier molecular flexibility index (Phi) is 4.95. The molecule has 0 spiro atoms. The predicted molar refractivity (Wildman–Crippen MR) is 106 cm³/mol. The van der Waals surface area contributed by atoms with Crippen molar-refractivity contribution in [3.8, 4) is 11.3 Å². The van der Waals surface area contributed by atoms with Crippen LogP contribution in [-0.2, 0) is 0 Å². The molecule has 144 valence electrons. The van der Waals surface area contributed by atoms with E-state index in [1.165, 1.54) is 6.20 Å². The van der Waals surface area contributed by atoms with E-state index in [-0.39, 0.29) is 17.5 Å². The van der Waals surface area contributed by atoms with Gasteiger partial charge in [0.15, 0.2) is 0 Å². The number of benzene rings is 1. The van der Waals surface area contributed by atoms with E-state index < -0.39 is 5.97 Å². The highest BCUT2D eigenvalue weighted by atomic mass is 32.1. The van der Waals surface area contributed by atoms with Crippen molar-refractivity contribution in [1.29, 1.82) is 0 Å². The van der Waals surface area contributed by atoms with E-state index in [1.54, 1.807) is 22.2 Å². The lowest BCUT2D eigenvalue weighted by Crippen LogP contribution is -2.39. The van der Waals surface area contributed by atoms with Crippen LogP contribution in [0.5, 0.6) is 0 Å². The van der Waals surface area contributed by atoms with Gasteiger partial charge in [-0.2, -0.15) is 5.10 Å². The minimum atomic E-state index is -0.978. The maximum atomic E-state index is 12.9. The van der Waals surface area contributed by atoms with Crippen LogP contribution in [0.25, 0.3) is 11.3 Å². The molecule has 7 nitrogen and oxygen atoms in total. The van der Waals surface area contributed by atoms with Gasteiger partial charge in [0.2, 0.25) is 0 Å². The van der Waals surface area contributed by atoms with E-state index in [9.17, 15) is 9.59 Å². The molecule has 3 heterocycles. The molecule has 3 aromatic rings. The monoisotopic (exact) mass is 396 g/mol. The Hall–Kier alpha value is -3.00. The summed E-state index contributed by atoms with van der Waals surface area (Å²) < 4.78 is 1.70. The molecule has 1 amide bonds. The number of carbonyl (C=O) groups excluding carboxylic acids is 1. The minimum Gasteiger partial charge on any atom is -0.478 e. The summed E-state index contributed by atoms with van der Waals surface area (Å²) in [7, 11) is 0. The summed E-state index contributed by atoms with van der Waals surface area (Å²) in [5.74, 6) is -0.965. The van der Waals surface area contributed by atoms with Crippen LogP contribution in [0.4, 0.5) is 0 Å². The summed E-state index contributed by atoms with van der Waals surface area (Å²) in [6, 6.07) is 7.71. The molecule has 0 radical (unpaired) electrons. The summed E-state index contributed by atoms with van der Waals surface area (Å²) in [6.07, 6.45) is 4.42. The first kappa shape index (κ1) is 18.4. The second-order valence-electron chi connectivity index (χ2n) is 6.87. The molecule has 0 aliphatic carbocycles. The molecule has 2 aromatic heterocycles. The van der Waals surface area contributed by atoms with Crippen LogP contribution in [0.2, 0.25) is 0 Å². The molecule has 1 aliphatic heterocycles. The van der Waals surface area contributed by atoms with Gasteiger partial charge in [0.05, 0.1) is 28.5 Å². The average molecular weight is 396 g/mol. The van der Waals surface area contributed by atoms with Gasteiger partial charge in [-0.1, -0.05) is 12.1 Å². The zero-order chi connectivity index (χ0) is 19.7. The van der Waals surface area contributed by atoms with Gasteiger partial charge in [-0.3, -0.25) is 9.48 Å². The van der Waals surface area contributed by atoms with Crippen LogP contribution in [0, 0.1) is 6.92 Å². The Balaban J connectivity index is 1.43. The second-order valence-corrected chi connectivity index (χ2v) is 7.93. The number of carboxylic acids is 1. The number of aromatic nitrogens is 3. The molecule has 0 atom stereocenters. The number of amides is 1. The molecule has 4 rings (SSSR count). The number of hydrogen-bond acceptors (Lipinski definition) is 5. The van der Waals surface area contributed by atoms with Gasteiger partial charge >= 0.3 is 5.97 Å². The number of carbonyl (C=O) groups is 2. The lowest BCUT2D eigenvalue weighted by atomic mass is 10.0. The van der Waals surface area contributed by atoms with Gasteiger partial charge in [0.25, 0.3) is 5.91 Å².